The number of benzene rings is 1. The molecule has 2 aliphatic rings. The molecule has 1 atom stereocenters. The molecule has 1 aliphatic heterocycles. The summed E-state index contributed by atoms with van der Waals surface area (Å²) in [6.45, 7) is 3.03. The van der Waals surface area contributed by atoms with Crippen LogP contribution in [0.4, 0.5) is 4.79 Å². The fraction of sp³-hybridized carbons (Fsp3) is 0.464. The molecule has 1 aromatic carbocycles. The van der Waals surface area contributed by atoms with E-state index in [1.54, 1.807) is 6.92 Å². The predicted molar refractivity (Wildman–Crippen MR) is 141 cm³/mol. The number of carbonyl (C=O) groups excluding carboxylic acids is 3. The molecule has 39 heavy (non-hydrogen) atoms. The zero-order valence-corrected chi connectivity index (χ0v) is 22.2. The van der Waals surface area contributed by atoms with E-state index in [1.807, 2.05) is 36.4 Å². The molecule has 11 heteroatoms. The molecule has 3 amide bonds. The van der Waals surface area contributed by atoms with Gasteiger partial charge in [-0.05, 0) is 38.2 Å². The van der Waals surface area contributed by atoms with Crippen molar-refractivity contribution >= 4 is 23.9 Å². The number of nitrogens with zero attached hydrogens (tertiary/aromatic N) is 3. The van der Waals surface area contributed by atoms with Crippen molar-refractivity contribution in [3.63, 3.8) is 0 Å². The van der Waals surface area contributed by atoms with Crippen molar-refractivity contribution in [1.29, 1.82) is 0 Å². The number of piperazine rings is 1. The molecule has 2 aromatic rings. The second-order valence-corrected chi connectivity index (χ2v) is 9.59. The van der Waals surface area contributed by atoms with Crippen molar-refractivity contribution in [2.75, 3.05) is 39.9 Å². The number of carboxylic acid groups (broad SMARTS) is 1. The maximum atomic E-state index is 13.6. The summed E-state index contributed by atoms with van der Waals surface area (Å²) in [7, 11) is 1.48. The van der Waals surface area contributed by atoms with Crippen LogP contribution in [0.25, 0.3) is 11.3 Å². The highest BCUT2D eigenvalue weighted by Crippen LogP contribution is 2.46. The summed E-state index contributed by atoms with van der Waals surface area (Å²) in [4.78, 5) is 58.1. The number of rotatable bonds is 10. The third kappa shape index (κ3) is 6.84. The molecule has 1 saturated carbocycles. The van der Waals surface area contributed by atoms with E-state index < -0.39 is 29.9 Å². The topological polar surface area (TPSA) is 138 Å². The highest BCUT2D eigenvalue weighted by molar-refractivity contribution is 5.99. The Morgan fingerprint density at radius 3 is 2.33 bits per heavy atom. The standard InChI is InChI=1S/C28H34N4O7/c1-3-39-28(37)32-15-13-31(14-16-32)27(36)21(11-12-23(33)34)30-26(35)24-25(38-2)20(18-9-10-18)17-22(29-24)19-7-5-4-6-8-19/h4-8,17-18,21H,3,9-16H2,1-2H3,(H,30,35)(H,33,34). The summed E-state index contributed by atoms with van der Waals surface area (Å²) in [6.07, 6.45) is 1.12. The quantitative estimate of drug-likeness (QED) is 0.471. The summed E-state index contributed by atoms with van der Waals surface area (Å²) in [5, 5.41) is 12.0. The Labute approximate surface area is 227 Å². The Morgan fingerprint density at radius 1 is 1.08 bits per heavy atom. The number of hydrogen-bond donors (Lipinski definition) is 2. The number of ether oxygens (including phenoxy) is 2. The second-order valence-electron chi connectivity index (χ2n) is 9.59. The predicted octanol–water partition coefficient (Wildman–Crippen LogP) is 2.90. The van der Waals surface area contributed by atoms with Gasteiger partial charge in [-0.1, -0.05) is 30.3 Å². The fourth-order valence-electron chi connectivity index (χ4n) is 4.67. The smallest absolute Gasteiger partial charge is 0.409 e. The minimum Gasteiger partial charge on any atom is -0.494 e. The molecule has 0 radical (unpaired) electrons. The second kappa shape index (κ2) is 12.6. The van der Waals surface area contributed by atoms with Crippen LogP contribution in [0.15, 0.2) is 36.4 Å². The third-order valence-corrected chi connectivity index (χ3v) is 6.88. The number of amides is 3. The van der Waals surface area contributed by atoms with Crippen LogP contribution in [0.1, 0.15) is 54.6 Å². The van der Waals surface area contributed by atoms with Gasteiger partial charge in [0.1, 0.15) is 6.04 Å². The van der Waals surface area contributed by atoms with Crippen molar-refractivity contribution in [2.45, 2.75) is 44.6 Å². The number of carboxylic acids is 1. The van der Waals surface area contributed by atoms with Crippen LogP contribution in [0, 0.1) is 0 Å². The van der Waals surface area contributed by atoms with Gasteiger partial charge in [0.25, 0.3) is 5.91 Å². The van der Waals surface area contributed by atoms with E-state index in [2.05, 4.69) is 10.3 Å². The first-order chi connectivity index (χ1) is 18.8. The molecule has 1 saturated heterocycles. The van der Waals surface area contributed by atoms with Crippen LogP contribution in [0.5, 0.6) is 5.75 Å². The van der Waals surface area contributed by atoms with E-state index in [0.29, 0.717) is 11.4 Å². The van der Waals surface area contributed by atoms with Crippen molar-refractivity contribution in [3.8, 4) is 17.0 Å². The van der Waals surface area contributed by atoms with Crippen LogP contribution in [0.2, 0.25) is 0 Å². The number of carbonyl (C=O) groups is 4. The maximum absolute atomic E-state index is 13.6. The van der Waals surface area contributed by atoms with Gasteiger partial charge in [0.05, 0.1) is 19.4 Å². The molecule has 208 valence electrons. The number of pyridine rings is 1. The van der Waals surface area contributed by atoms with E-state index in [9.17, 15) is 24.3 Å². The van der Waals surface area contributed by atoms with Gasteiger partial charge in [-0.3, -0.25) is 14.4 Å². The molecule has 11 nitrogen and oxygen atoms in total. The molecule has 1 aliphatic carbocycles. The van der Waals surface area contributed by atoms with Gasteiger partial charge in [0.15, 0.2) is 11.4 Å². The van der Waals surface area contributed by atoms with Crippen LogP contribution in [-0.4, -0.2) is 89.7 Å². The Morgan fingerprint density at radius 2 is 1.74 bits per heavy atom. The van der Waals surface area contributed by atoms with E-state index in [1.165, 1.54) is 16.9 Å². The summed E-state index contributed by atoms with van der Waals surface area (Å²) >= 11 is 0. The fourth-order valence-corrected chi connectivity index (χ4v) is 4.67. The zero-order chi connectivity index (χ0) is 27.9. The molecule has 4 rings (SSSR count). The lowest BCUT2D eigenvalue weighted by atomic mass is 10.0. The summed E-state index contributed by atoms with van der Waals surface area (Å²) in [5.41, 5.74) is 2.40. The number of aromatic nitrogens is 1. The van der Waals surface area contributed by atoms with E-state index in [-0.39, 0.29) is 57.2 Å². The Bertz CT molecular complexity index is 1210. The monoisotopic (exact) mass is 538 g/mol. The normalized spacial score (nSPS) is 15.8. The molecule has 0 bridgehead atoms. The lowest BCUT2D eigenvalue weighted by molar-refractivity contribution is -0.138. The average Bonchev–Trinajstić information content (AvgIpc) is 3.80. The number of aliphatic carboxylic acids is 1. The third-order valence-electron chi connectivity index (χ3n) is 6.88. The van der Waals surface area contributed by atoms with Gasteiger partial charge in [0, 0.05) is 43.7 Å². The first-order valence-electron chi connectivity index (χ1n) is 13.2. The molecular formula is C28H34N4O7. The lowest BCUT2D eigenvalue weighted by Crippen LogP contribution is -2.56. The van der Waals surface area contributed by atoms with Gasteiger partial charge in [-0.15, -0.1) is 0 Å². The van der Waals surface area contributed by atoms with Gasteiger partial charge in [-0.25, -0.2) is 9.78 Å². The van der Waals surface area contributed by atoms with Crippen molar-refractivity contribution in [3.05, 3.63) is 47.7 Å². The van der Waals surface area contributed by atoms with Crippen LogP contribution in [0.3, 0.4) is 0 Å². The first kappa shape index (κ1) is 27.9. The maximum Gasteiger partial charge on any atom is 0.409 e. The largest absolute Gasteiger partial charge is 0.494 e. The molecular weight excluding hydrogens is 504 g/mol. The average molecular weight is 539 g/mol. The Balaban J connectivity index is 1.57. The van der Waals surface area contributed by atoms with Gasteiger partial charge >= 0.3 is 12.1 Å². The molecule has 0 spiro atoms. The van der Waals surface area contributed by atoms with Gasteiger partial charge in [0.2, 0.25) is 5.91 Å². The highest BCUT2D eigenvalue weighted by Gasteiger charge is 2.34. The van der Waals surface area contributed by atoms with Crippen molar-refractivity contribution < 1.29 is 33.8 Å². The number of nitrogens with one attached hydrogen (secondary N) is 1. The SMILES string of the molecule is CCOC(=O)N1CCN(C(=O)C(CCC(=O)O)NC(=O)c2nc(-c3ccccc3)cc(C3CC3)c2OC)CC1. The van der Waals surface area contributed by atoms with E-state index in [0.717, 1.165) is 24.0 Å². The molecule has 1 unspecified atom stereocenters. The number of hydrogen-bond acceptors (Lipinski definition) is 7. The Hall–Kier alpha value is -4.15. The van der Waals surface area contributed by atoms with Crippen LogP contribution in [-0.2, 0) is 14.3 Å². The van der Waals surface area contributed by atoms with Crippen LogP contribution < -0.4 is 10.1 Å². The van der Waals surface area contributed by atoms with Crippen molar-refractivity contribution in [2.24, 2.45) is 0 Å². The van der Waals surface area contributed by atoms with Crippen molar-refractivity contribution in [1.82, 2.24) is 20.1 Å². The lowest BCUT2D eigenvalue weighted by Gasteiger charge is -2.36. The van der Waals surface area contributed by atoms with Gasteiger partial charge < -0.3 is 29.7 Å². The summed E-state index contributed by atoms with van der Waals surface area (Å²) in [5.74, 6) is -1.47. The molecule has 2 fully saturated rings. The van der Waals surface area contributed by atoms with Crippen LogP contribution >= 0.6 is 0 Å². The minimum absolute atomic E-state index is 0.0565. The Kier molecular flexibility index (Phi) is 9.00. The first-order valence-corrected chi connectivity index (χ1v) is 13.2. The van der Waals surface area contributed by atoms with E-state index in [4.69, 9.17) is 9.47 Å². The highest BCUT2D eigenvalue weighted by atomic mass is 16.6. The zero-order valence-electron chi connectivity index (χ0n) is 22.2. The van der Waals surface area contributed by atoms with Gasteiger partial charge in [-0.2, -0.15) is 0 Å². The molecule has 2 heterocycles. The van der Waals surface area contributed by atoms with E-state index >= 15 is 0 Å². The summed E-state index contributed by atoms with van der Waals surface area (Å²) < 4.78 is 10.7. The molecule has 1 aromatic heterocycles. The minimum atomic E-state index is -1.08. The molecule has 2 N–H and O–H groups in total. The number of methoxy groups -OCH3 is 1. The summed E-state index contributed by atoms with van der Waals surface area (Å²) in [6, 6.07) is 10.3.